The molecule has 3 rings (SSSR count). The highest BCUT2D eigenvalue weighted by atomic mass is 16.5. The fourth-order valence-electron chi connectivity index (χ4n) is 4.71. The quantitative estimate of drug-likeness (QED) is 0.622. The Balaban J connectivity index is 1.92. The molecule has 0 aliphatic heterocycles. The second kappa shape index (κ2) is 8.04. The van der Waals surface area contributed by atoms with Crippen molar-refractivity contribution in [2.75, 3.05) is 0 Å². The minimum atomic E-state index is -0.729. The first-order valence-electron chi connectivity index (χ1n) is 10.1. The van der Waals surface area contributed by atoms with Crippen molar-refractivity contribution in [3.63, 3.8) is 0 Å². The summed E-state index contributed by atoms with van der Waals surface area (Å²) in [5, 5.41) is 10.7. The van der Waals surface area contributed by atoms with Crippen LogP contribution in [0.25, 0.3) is 6.08 Å². The van der Waals surface area contributed by atoms with Gasteiger partial charge in [0.1, 0.15) is 6.10 Å². The molecule has 1 N–H and O–H groups in total. The molecular weight excluding hydrogens is 352 g/mol. The average molecular weight is 383 g/mol. The molecule has 0 aromatic heterocycles. The van der Waals surface area contributed by atoms with E-state index in [1.807, 2.05) is 44.2 Å². The van der Waals surface area contributed by atoms with Crippen molar-refractivity contribution in [3.8, 4) is 0 Å². The summed E-state index contributed by atoms with van der Waals surface area (Å²) >= 11 is 0. The van der Waals surface area contributed by atoms with Gasteiger partial charge in [0.25, 0.3) is 0 Å². The van der Waals surface area contributed by atoms with Gasteiger partial charge in [-0.15, -0.1) is 0 Å². The van der Waals surface area contributed by atoms with Gasteiger partial charge in [0.05, 0.1) is 6.10 Å². The van der Waals surface area contributed by atoms with Crippen molar-refractivity contribution in [2.24, 2.45) is 17.3 Å². The number of benzene rings is 1. The number of aliphatic hydroxyl groups excluding tert-OH is 1. The number of ether oxygens (including phenoxy) is 1. The number of fused-ring (bicyclic) bond motifs is 1. The molecule has 0 radical (unpaired) electrons. The van der Waals surface area contributed by atoms with E-state index >= 15 is 0 Å². The molecule has 4 atom stereocenters. The van der Waals surface area contributed by atoms with Crippen LogP contribution in [0.15, 0.2) is 47.6 Å². The van der Waals surface area contributed by atoms with Crippen molar-refractivity contribution in [2.45, 2.75) is 59.2 Å². The van der Waals surface area contributed by atoms with Crippen LogP contribution >= 0.6 is 0 Å². The van der Waals surface area contributed by atoms with Crippen LogP contribution in [0.5, 0.6) is 0 Å². The van der Waals surface area contributed by atoms with E-state index < -0.39 is 23.6 Å². The van der Waals surface area contributed by atoms with Crippen LogP contribution in [0.3, 0.4) is 0 Å². The summed E-state index contributed by atoms with van der Waals surface area (Å²) in [4.78, 5) is 25.1. The minimum absolute atomic E-state index is 0.0507. The molecule has 0 heterocycles. The van der Waals surface area contributed by atoms with Crippen LogP contribution in [-0.4, -0.2) is 29.1 Å². The molecule has 2 aliphatic carbocycles. The SMILES string of the molecule is CC1=C2C(OC(=O)C=Cc3ccccc3)C(C(C)C)CCC2(C)C(O)CC1=O. The summed E-state index contributed by atoms with van der Waals surface area (Å²) in [6.45, 7) is 8.04. The summed E-state index contributed by atoms with van der Waals surface area (Å²) in [5.74, 6) is -0.0399. The van der Waals surface area contributed by atoms with Gasteiger partial charge < -0.3 is 9.84 Å². The Morgan fingerprint density at radius 2 is 1.96 bits per heavy atom. The van der Waals surface area contributed by atoms with Crippen molar-refractivity contribution >= 4 is 17.8 Å². The van der Waals surface area contributed by atoms with Crippen LogP contribution in [0.4, 0.5) is 0 Å². The fraction of sp³-hybridized carbons (Fsp3) is 0.500. The first-order valence-corrected chi connectivity index (χ1v) is 10.1. The van der Waals surface area contributed by atoms with E-state index in [0.29, 0.717) is 11.5 Å². The molecule has 1 aromatic rings. The Hall–Kier alpha value is -2.20. The number of rotatable bonds is 4. The minimum Gasteiger partial charge on any atom is -0.454 e. The van der Waals surface area contributed by atoms with Gasteiger partial charge in [0.2, 0.25) is 0 Å². The molecular formula is C24H30O4. The molecule has 150 valence electrons. The number of hydrogen-bond acceptors (Lipinski definition) is 4. The van der Waals surface area contributed by atoms with Crippen molar-refractivity contribution in [1.82, 2.24) is 0 Å². The molecule has 0 spiro atoms. The predicted molar refractivity (Wildman–Crippen MR) is 109 cm³/mol. The van der Waals surface area contributed by atoms with E-state index in [-0.39, 0.29) is 18.1 Å². The number of allylic oxidation sites excluding steroid dienone is 1. The molecule has 4 unspecified atom stereocenters. The lowest BCUT2D eigenvalue weighted by atomic mass is 9.57. The fourth-order valence-corrected chi connectivity index (χ4v) is 4.71. The Kier molecular flexibility index (Phi) is 5.90. The number of carbonyl (C=O) groups excluding carboxylic acids is 2. The lowest BCUT2D eigenvalue weighted by Gasteiger charge is -2.50. The summed E-state index contributed by atoms with van der Waals surface area (Å²) in [7, 11) is 0. The zero-order valence-corrected chi connectivity index (χ0v) is 17.1. The van der Waals surface area contributed by atoms with Gasteiger partial charge in [-0.1, -0.05) is 51.1 Å². The van der Waals surface area contributed by atoms with Gasteiger partial charge in [-0.05, 0) is 48.5 Å². The van der Waals surface area contributed by atoms with Gasteiger partial charge in [0, 0.05) is 23.8 Å². The maximum absolute atomic E-state index is 12.6. The van der Waals surface area contributed by atoms with Crippen LogP contribution in [0.1, 0.15) is 52.5 Å². The van der Waals surface area contributed by atoms with Crippen LogP contribution in [-0.2, 0) is 14.3 Å². The van der Waals surface area contributed by atoms with E-state index in [2.05, 4.69) is 13.8 Å². The van der Waals surface area contributed by atoms with E-state index in [4.69, 9.17) is 4.74 Å². The monoisotopic (exact) mass is 382 g/mol. The van der Waals surface area contributed by atoms with Gasteiger partial charge >= 0.3 is 5.97 Å². The Bertz CT molecular complexity index is 805. The number of esters is 1. The van der Waals surface area contributed by atoms with Gasteiger partial charge in [-0.25, -0.2) is 4.79 Å². The number of carbonyl (C=O) groups is 2. The van der Waals surface area contributed by atoms with E-state index in [9.17, 15) is 14.7 Å². The number of ketones is 1. The zero-order valence-electron chi connectivity index (χ0n) is 17.1. The third-order valence-electron chi connectivity index (χ3n) is 6.53. The molecule has 28 heavy (non-hydrogen) atoms. The van der Waals surface area contributed by atoms with Crippen LogP contribution < -0.4 is 0 Å². The largest absolute Gasteiger partial charge is 0.454 e. The summed E-state index contributed by atoms with van der Waals surface area (Å²) in [6.07, 6.45) is 3.76. The molecule has 4 heteroatoms. The lowest BCUT2D eigenvalue weighted by molar-refractivity contribution is -0.149. The maximum Gasteiger partial charge on any atom is 0.331 e. The van der Waals surface area contributed by atoms with E-state index in [1.165, 1.54) is 6.08 Å². The van der Waals surface area contributed by atoms with Crippen molar-refractivity contribution in [3.05, 3.63) is 53.1 Å². The normalized spacial score (nSPS) is 30.6. The van der Waals surface area contributed by atoms with Crippen LogP contribution in [0.2, 0.25) is 0 Å². The Morgan fingerprint density at radius 1 is 1.29 bits per heavy atom. The molecule has 4 nitrogen and oxygen atoms in total. The number of hydrogen-bond donors (Lipinski definition) is 1. The topological polar surface area (TPSA) is 63.6 Å². The van der Waals surface area contributed by atoms with Gasteiger partial charge in [-0.2, -0.15) is 0 Å². The second-order valence-electron chi connectivity index (χ2n) is 8.65. The van der Waals surface area contributed by atoms with Gasteiger partial charge in [0.15, 0.2) is 5.78 Å². The highest BCUT2D eigenvalue weighted by Crippen LogP contribution is 2.52. The number of aliphatic hydroxyl groups is 1. The summed E-state index contributed by atoms with van der Waals surface area (Å²) in [6, 6.07) is 9.58. The van der Waals surface area contributed by atoms with E-state index in [0.717, 1.165) is 24.0 Å². The standard InChI is InChI=1S/C24H30O4/c1-15(2)18-12-13-24(4)20(26)14-19(25)16(3)22(24)23(18)28-21(27)11-10-17-8-6-5-7-9-17/h5-11,15,18,20,23,26H,12-14H2,1-4H3. The first-order chi connectivity index (χ1) is 13.2. The number of Topliss-reactive ketones (excluding diaryl/α,β-unsaturated/α-hetero) is 1. The third-order valence-corrected chi connectivity index (χ3v) is 6.53. The molecule has 1 fully saturated rings. The summed E-state index contributed by atoms with van der Waals surface area (Å²) < 4.78 is 5.94. The van der Waals surface area contributed by atoms with Crippen LogP contribution in [0, 0.1) is 17.3 Å². The Labute approximate surface area is 167 Å². The maximum atomic E-state index is 12.6. The third kappa shape index (κ3) is 3.83. The first kappa shape index (κ1) is 20.5. The van der Waals surface area contributed by atoms with E-state index in [1.54, 1.807) is 6.08 Å². The molecule has 0 bridgehead atoms. The summed E-state index contributed by atoms with van der Waals surface area (Å²) in [5.41, 5.74) is 1.88. The highest BCUT2D eigenvalue weighted by molar-refractivity contribution is 5.97. The second-order valence-corrected chi connectivity index (χ2v) is 8.65. The van der Waals surface area contributed by atoms with Crippen molar-refractivity contribution in [1.29, 1.82) is 0 Å². The predicted octanol–water partition coefficient (Wildman–Crippen LogP) is 4.33. The molecule has 0 saturated heterocycles. The molecule has 1 aromatic carbocycles. The lowest BCUT2D eigenvalue weighted by Crippen LogP contribution is -2.51. The molecule has 1 saturated carbocycles. The zero-order chi connectivity index (χ0) is 20.5. The Morgan fingerprint density at radius 3 is 2.61 bits per heavy atom. The average Bonchev–Trinajstić information content (AvgIpc) is 2.65. The smallest absolute Gasteiger partial charge is 0.331 e. The molecule has 2 aliphatic rings. The molecule has 0 amide bonds. The van der Waals surface area contributed by atoms with Gasteiger partial charge in [-0.3, -0.25) is 4.79 Å². The highest BCUT2D eigenvalue weighted by Gasteiger charge is 2.52. The van der Waals surface area contributed by atoms with Crippen molar-refractivity contribution < 1.29 is 19.4 Å².